The summed E-state index contributed by atoms with van der Waals surface area (Å²) in [6, 6.07) is 2.81. The van der Waals surface area contributed by atoms with Crippen molar-refractivity contribution in [1.82, 2.24) is 0 Å². The van der Waals surface area contributed by atoms with Crippen LogP contribution < -0.4 is 0 Å². The third kappa shape index (κ3) is 1.49. The Morgan fingerprint density at radius 2 is 1.90 bits per heavy atom. The van der Waals surface area contributed by atoms with Crippen LogP contribution in [0.4, 0.5) is 4.39 Å². The molecule has 1 rings (SSSR count). The molecule has 0 unspecified atom stereocenters. The van der Waals surface area contributed by atoms with Crippen LogP contribution in [0.25, 0.3) is 0 Å². The fourth-order valence-corrected chi connectivity index (χ4v) is 1.75. The van der Waals surface area contributed by atoms with E-state index in [0.717, 1.165) is 0 Å². The Kier molecular flexibility index (Phi) is 2.31. The first-order chi connectivity index (χ1) is 4.61. The molecular formula is C6H3Br2FO. The van der Waals surface area contributed by atoms with E-state index < -0.39 is 5.82 Å². The number of benzene rings is 1. The molecule has 0 aliphatic heterocycles. The van der Waals surface area contributed by atoms with Gasteiger partial charge in [-0.25, -0.2) is 4.39 Å². The zero-order valence-corrected chi connectivity index (χ0v) is 7.91. The second-order valence-electron chi connectivity index (χ2n) is 1.72. The number of aromatic hydroxyl groups is 1. The highest BCUT2D eigenvalue weighted by molar-refractivity contribution is 9.11. The van der Waals surface area contributed by atoms with Gasteiger partial charge in [0.05, 0.1) is 4.47 Å². The van der Waals surface area contributed by atoms with E-state index in [9.17, 15) is 4.39 Å². The highest BCUT2D eigenvalue weighted by Gasteiger charge is 2.05. The van der Waals surface area contributed by atoms with E-state index in [2.05, 4.69) is 31.9 Å². The van der Waals surface area contributed by atoms with Crippen LogP contribution in [-0.2, 0) is 0 Å². The first-order valence-corrected chi connectivity index (χ1v) is 4.03. The molecule has 0 bridgehead atoms. The molecule has 0 aromatic heterocycles. The average molecular weight is 270 g/mol. The summed E-state index contributed by atoms with van der Waals surface area (Å²) in [6.07, 6.45) is 0. The van der Waals surface area contributed by atoms with Gasteiger partial charge in [0.1, 0.15) is 0 Å². The van der Waals surface area contributed by atoms with Gasteiger partial charge >= 0.3 is 0 Å². The molecule has 0 atom stereocenters. The molecule has 54 valence electrons. The van der Waals surface area contributed by atoms with Crippen LogP contribution >= 0.6 is 31.9 Å². The highest BCUT2D eigenvalue weighted by atomic mass is 79.9. The average Bonchev–Trinajstić information content (AvgIpc) is 1.82. The first-order valence-electron chi connectivity index (χ1n) is 2.45. The van der Waals surface area contributed by atoms with E-state index in [1.807, 2.05) is 0 Å². The fourth-order valence-electron chi connectivity index (χ4n) is 0.542. The molecule has 0 saturated carbocycles. The lowest BCUT2D eigenvalue weighted by molar-refractivity contribution is 0.430. The van der Waals surface area contributed by atoms with Gasteiger partial charge in [-0.15, -0.1) is 0 Å². The summed E-state index contributed by atoms with van der Waals surface area (Å²) in [6.45, 7) is 0. The van der Waals surface area contributed by atoms with Crippen molar-refractivity contribution in [3.63, 3.8) is 0 Å². The number of phenols is 1. The molecule has 10 heavy (non-hydrogen) atoms. The van der Waals surface area contributed by atoms with Gasteiger partial charge < -0.3 is 5.11 Å². The Labute approximate surface area is 74.1 Å². The van der Waals surface area contributed by atoms with Gasteiger partial charge in [0, 0.05) is 4.47 Å². The molecule has 1 nitrogen and oxygen atoms in total. The van der Waals surface area contributed by atoms with Gasteiger partial charge in [0.2, 0.25) is 0 Å². The molecule has 0 saturated heterocycles. The van der Waals surface area contributed by atoms with Crippen LogP contribution in [0.1, 0.15) is 0 Å². The summed E-state index contributed by atoms with van der Waals surface area (Å²) in [5.74, 6) is -0.996. The zero-order valence-electron chi connectivity index (χ0n) is 4.74. The van der Waals surface area contributed by atoms with Crippen LogP contribution in [0.5, 0.6) is 5.75 Å². The van der Waals surface area contributed by atoms with Crippen LogP contribution in [0.3, 0.4) is 0 Å². The summed E-state index contributed by atoms with van der Waals surface area (Å²) < 4.78 is 13.5. The fraction of sp³-hybridized carbons (Fsp3) is 0. The van der Waals surface area contributed by atoms with Crippen LogP contribution in [0, 0.1) is 5.82 Å². The molecule has 1 aromatic carbocycles. The minimum Gasteiger partial charge on any atom is -0.505 e. The summed E-state index contributed by atoms with van der Waals surface area (Å²) in [5, 5.41) is 8.85. The lowest BCUT2D eigenvalue weighted by Crippen LogP contribution is -1.77. The maximum atomic E-state index is 12.6. The quantitative estimate of drug-likeness (QED) is 0.718. The summed E-state index contributed by atoms with van der Waals surface area (Å²) in [4.78, 5) is 0. The SMILES string of the molecule is Oc1cc(Br)cc(Br)c1F. The molecule has 0 heterocycles. The van der Waals surface area contributed by atoms with Crippen LogP contribution in [0.2, 0.25) is 0 Å². The van der Waals surface area contributed by atoms with Gasteiger partial charge in [-0.1, -0.05) is 15.9 Å². The molecule has 0 amide bonds. The normalized spacial score (nSPS) is 9.90. The van der Waals surface area contributed by atoms with Gasteiger partial charge in [-0.05, 0) is 28.1 Å². The Balaban J connectivity index is 3.31. The molecule has 0 aliphatic carbocycles. The molecule has 0 spiro atoms. The number of rotatable bonds is 0. The summed E-state index contributed by atoms with van der Waals surface area (Å²) in [7, 11) is 0. The van der Waals surface area contributed by atoms with Crippen LogP contribution in [0.15, 0.2) is 21.1 Å². The molecule has 1 N–H and O–H groups in total. The van der Waals surface area contributed by atoms with Crippen molar-refractivity contribution in [2.45, 2.75) is 0 Å². The van der Waals surface area contributed by atoms with E-state index >= 15 is 0 Å². The Morgan fingerprint density at radius 3 is 2.40 bits per heavy atom. The second-order valence-corrected chi connectivity index (χ2v) is 3.49. The molecule has 0 aliphatic rings. The van der Waals surface area contributed by atoms with E-state index in [-0.39, 0.29) is 10.2 Å². The minimum absolute atomic E-state index is 0.249. The van der Waals surface area contributed by atoms with Crippen molar-refractivity contribution in [3.05, 3.63) is 26.9 Å². The van der Waals surface area contributed by atoms with Crippen LogP contribution in [-0.4, -0.2) is 5.11 Å². The molecule has 4 heteroatoms. The molecule has 0 fully saturated rings. The molecular weight excluding hydrogens is 267 g/mol. The lowest BCUT2D eigenvalue weighted by atomic mass is 10.3. The van der Waals surface area contributed by atoms with Crippen molar-refractivity contribution in [3.8, 4) is 5.75 Å². The van der Waals surface area contributed by atoms with Gasteiger partial charge in [-0.2, -0.15) is 0 Å². The number of hydrogen-bond donors (Lipinski definition) is 1. The van der Waals surface area contributed by atoms with Crippen molar-refractivity contribution >= 4 is 31.9 Å². The Bertz CT molecular complexity index is 239. The number of halogens is 3. The minimum atomic E-state index is -0.636. The topological polar surface area (TPSA) is 20.2 Å². The standard InChI is InChI=1S/C6H3Br2FO/c7-3-1-4(8)6(9)5(10)2-3/h1-2,10H. The Hall–Kier alpha value is -0.0900. The molecule has 1 aromatic rings. The second kappa shape index (κ2) is 2.88. The van der Waals surface area contributed by atoms with E-state index in [4.69, 9.17) is 5.11 Å². The van der Waals surface area contributed by atoms with E-state index in [1.54, 1.807) is 0 Å². The predicted molar refractivity (Wildman–Crippen MR) is 43.5 cm³/mol. The third-order valence-corrected chi connectivity index (χ3v) is 2.01. The largest absolute Gasteiger partial charge is 0.505 e. The van der Waals surface area contributed by atoms with Crippen molar-refractivity contribution in [2.75, 3.05) is 0 Å². The van der Waals surface area contributed by atoms with Crippen molar-refractivity contribution in [1.29, 1.82) is 0 Å². The van der Waals surface area contributed by atoms with E-state index in [1.165, 1.54) is 12.1 Å². The summed E-state index contributed by atoms with van der Waals surface area (Å²) >= 11 is 6.02. The number of phenolic OH excluding ortho intramolecular Hbond substituents is 1. The third-order valence-electron chi connectivity index (χ3n) is 0.974. The van der Waals surface area contributed by atoms with Crippen molar-refractivity contribution in [2.24, 2.45) is 0 Å². The smallest absolute Gasteiger partial charge is 0.179 e. The van der Waals surface area contributed by atoms with Gasteiger partial charge in [0.25, 0.3) is 0 Å². The van der Waals surface area contributed by atoms with Crippen molar-refractivity contribution < 1.29 is 9.50 Å². The maximum absolute atomic E-state index is 12.6. The highest BCUT2D eigenvalue weighted by Crippen LogP contribution is 2.28. The zero-order chi connectivity index (χ0) is 7.72. The van der Waals surface area contributed by atoms with Gasteiger partial charge in [0.15, 0.2) is 11.6 Å². The predicted octanol–water partition coefficient (Wildman–Crippen LogP) is 3.06. The number of hydrogen-bond acceptors (Lipinski definition) is 1. The molecule has 0 radical (unpaired) electrons. The lowest BCUT2D eigenvalue weighted by Gasteiger charge is -1.97. The Morgan fingerprint density at radius 1 is 1.30 bits per heavy atom. The van der Waals surface area contributed by atoms with Gasteiger partial charge in [-0.3, -0.25) is 0 Å². The monoisotopic (exact) mass is 268 g/mol. The summed E-state index contributed by atoms with van der Waals surface area (Å²) in [5.41, 5.74) is 0. The van der Waals surface area contributed by atoms with E-state index in [0.29, 0.717) is 4.47 Å². The first kappa shape index (κ1) is 8.01. The maximum Gasteiger partial charge on any atom is 0.179 e.